The second-order valence-electron chi connectivity index (χ2n) is 4.59. The lowest BCUT2D eigenvalue weighted by atomic mass is 9.93. The fourth-order valence-corrected chi connectivity index (χ4v) is 3.15. The monoisotopic (exact) mass is 323 g/mol. The molecule has 0 radical (unpaired) electrons. The molecule has 1 atom stereocenters. The van der Waals surface area contributed by atoms with E-state index in [1.807, 2.05) is 7.05 Å². The molecule has 0 amide bonds. The first-order valence-electron chi connectivity index (χ1n) is 6.18. The molecule has 0 aliphatic heterocycles. The maximum absolute atomic E-state index is 3.48. The first-order chi connectivity index (χ1) is 8.78. The van der Waals surface area contributed by atoms with Crippen molar-refractivity contribution in [2.45, 2.75) is 12.8 Å². The molecule has 1 unspecified atom stereocenters. The number of benzene rings is 1. The molecule has 1 aromatic heterocycles. The Morgan fingerprint density at radius 1 is 1.11 bits per heavy atom. The predicted octanol–water partition coefficient (Wildman–Crippen LogP) is 4.13. The van der Waals surface area contributed by atoms with Gasteiger partial charge in [0.05, 0.1) is 0 Å². The minimum absolute atomic E-state index is 0.658. The number of nitrogens with one attached hydrogen (secondary N) is 1. The van der Waals surface area contributed by atoms with Gasteiger partial charge in [0.1, 0.15) is 0 Å². The molecule has 1 nitrogen and oxygen atoms in total. The van der Waals surface area contributed by atoms with Crippen molar-refractivity contribution < 1.29 is 0 Å². The van der Waals surface area contributed by atoms with Gasteiger partial charge in [0.15, 0.2) is 0 Å². The van der Waals surface area contributed by atoms with E-state index in [0.717, 1.165) is 23.9 Å². The summed E-state index contributed by atoms with van der Waals surface area (Å²) in [5.41, 5.74) is 2.87. The van der Waals surface area contributed by atoms with Gasteiger partial charge in [-0.05, 0) is 72.4 Å². The Bertz CT molecular complexity index is 450. The molecule has 0 fully saturated rings. The third-order valence-corrected chi connectivity index (χ3v) is 4.30. The average molecular weight is 324 g/mol. The highest BCUT2D eigenvalue weighted by Crippen LogP contribution is 2.18. The third-order valence-electron chi connectivity index (χ3n) is 3.03. The maximum Gasteiger partial charge on any atom is 0.0175 e. The van der Waals surface area contributed by atoms with Crippen LogP contribution in [0, 0.1) is 5.92 Å². The van der Waals surface area contributed by atoms with Gasteiger partial charge in [0.2, 0.25) is 0 Å². The van der Waals surface area contributed by atoms with Crippen LogP contribution in [-0.2, 0) is 12.8 Å². The summed E-state index contributed by atoms with van der Waals surface area (Å²) < 4.78 is 1.15. The van der Waals surface area contributed by atoms with Crippen LogP contribution < -0.4 is 5.32 Å². The zero-order chi connectivity index (χ0) is 12.8. The summed E-state index contributed by atoms with van der Waals surface area (Å²) in [7, 11) is 2.03. The smallest absolute Gasteiger partial charge is 0.0175 e. The molecule has 0 aliphatic rings. The van der Waals surface area contributed by atoms with Gasteiger partial charge in [0.25, 0.3) is 0 Å². The number of rotatable bonds is 6. The lowest BCUT2D eigenvalue weighted by molar-refractivity contribution is 0.494. The average Bonchev–Trinajstić information content (AvgIpc) is 2.85. The van der Waals surface area contributed by atoms with Crippen LogP contribution in [0.1, 0.15) is 11.1 Å². The molecular weight excluding hydrogens is 306 g/mol. The van der Waals surface area contributed by atoms with Crippen LogP contribution in [0.25, 0.3) is 0 Å². The summed E-state index contributed by atoms with van der Waals surface area (Å²) >= 11 is 5.26. The highest BCUT2D eigenvalue weighted by molar-refractivity contribution is 9.10. The summed E-state index contributed by atoms with van der Waals surface area (Å²) in [5, 5.41) is 7.72. The Morgan fingerprint density at radius 2 is 1.83 bits per heavy atom. The van der Waals surface area contributed by atoms with E-state index in [1.54, 1.807) is 11.3 Å². The van der Waals surface area contributed by atoms with Crippen molar-refractivity contribution in [3.8, 4) is 0 Å². The minimum atomic E-state index is 0.658. The van der Waals surface area contributed by atoms with Crippen LogP contribution >= 0.6 is 27.3 Å². The van der Waals surface area contributed by atoms with E-state index in [2.05, 4.69) is 62.3 Å². The van der Waals surface area contributed by atoms with E-state index in [4.69, 9.17) is 0 Å². The molecule has 1 N–H and O–H groups in total. The van der Waals surface area contributed by atoms with Crippen molar-refractivity contribution >= 4 is 27.3 Å². The van der Waals surface area contributed by atoms with Gasteiger partial charge in [-0.1, -0.05) is 28.1 Å². The van der Waals surface area contributed by atoms with Crippen molar-refractivity contribution in [1.82, 2.24) is 5.32 Å². The predicted molar refractivity (Wildman–Crippen MR) is 83.3 cm³/mol. The molecule has 0 saturated carbocycles. The molecule has 0 aliphatic carbocycles. The molecule has 96 valence electrons. The van der Waals surface area contributed by atoms with E-state index < -0.39 is 0 Å². The second kappa shape index (κ2) is 7.07. The molecule has 0 saturated heterocycles. The van der Waals surface area contributed by atoms with Crippen LogP contribution in [0.5, 0.6) is 0 Å². The van der Waals surface area contributed by atoms with E-state index in [-0.39, 0.29) is 0 Å². The lowest BCUT2D eigenvalue weighted by Gasteiger charge is -2.16. The van der Waals surface area contributed by atoms with Crippen LogP contribution in [0.3, 0.4) is 0 Å². The Morgan fingerprint density at radius 3 is 2.44 bits per heavy atom. The number of halogens is 1. The molecule has 18 heavy (non-hydrogen) atoms. The first kappa shape index (κ1) is 13.8. The SMILES string of the molecule is CNCC(Cc1ccc(Br)cc1)Cc1ccsc1. The van der Waals surface area contributed by atoms with Gasteiger partial charge in [-0.15, -0.1) is 0 Å². The first-order valence-corrected chi connectivity index (χ1v) is 7.91. The summed E-state index contributed by atoms with van der Waals surface area (Å²) in [6.45, 7) is 1.06. The van der Waals surface area contributed by atoms with Crippen molar-refractivity contribution in [2.75, 3.05) is 13.6 Å². The minimum Gasteiger partial charge on any atom is -0.319 e. The standard InChI is InChI=1S/C15H18BrNS/c1-17-10-14(9-13-6-7-18-11-13)8-12-2-4-15(16)5-3-12/h2-7,11,14,17H,8-10H2,1H3. The van der Waals surface area contributed by atoms with Crippen molar-refractivity contribution in [3.63, 3.8) is 0 Å². The van der Waals surface area contributed by atoms with Gasteiger partial charge in [0, 0.05) is 4.47 Å². The van der Waals surface area contributed by atoms with Crippen molar-refractivity contribution in [1.29, 1.82) is 0 Å². The van der Waals surface area contributed by atoms with Gasteiger partial charge in [-0.25, -0.2) is 0 Å². The Balaban J connectivity index is 1.99. The largest absolute Gasteiger partial charge is 0.319 e. The molecule has 2 aromatic rings. The molecule has 2 rings (SSSR count). The summed E-state index contributed by atoms with van der Waals surface area (Å²) in [5.74, 6) is 0.658. The van der Waals surface area contributed by atoms with E-state index in [9.17, 15) is 0 Å². The van der Waals surface area contributed by atoms with E-state index in [0.29, 0.717) is 5.92 Å². The zero-order valence-electron chi connectivity index (χ0n) is 10.5. The molecule has 3 heteroatoms. The van der Waals surface area contributed by atoms with Gasteiger partial charge in [-0.2, -0.15) is 11.3 Å². The third kappa shape index (κ3) is 4.23. The van der Waals surface area contributed by atoms with E-state index in [1.165, 1.54) is 11.1 Å². The Kier molecular flexibility index (Phi) is 5.42. The molecule has 1 heterocycles. The number of thiophene rings is 1. The maximum atomic E-state index is 3.48. The molecule has 1 aromatic carbocycles. The molecular formula is C15H18BrNS. The molecule has 0 bridgehead atoms. The topological polar surface area (TPSA) is 12.0 Å². The Labute approximate surface area is 121 Å². The number of hydrogen-bond acceptors (Lipinski definition) is 2. The lowest BCUT2D eigenvalue weighted by Crippen LogP contribution is -2.22. The quantitative estimate of drug-likeness (QED) is 0.842. The highest BCUT2D eigenvalue weighted by atomic mass is 79.9. The highest BCUT2D eigenvalue weighted by Gasteiger charge is 2.10. The van der Waals surface area contributed by atoms with Gasteiger partial charge in [-0.3, -0.25) is 0 Å². The van der Waals surface area contributed by atoms with Crippen LogP contribution in [0.4, 0.5) is 0 Å². The van der Waals surface area contributed by atoms with Crippen LogP contribution in [0.15, 0.2) is 45.6 Å². The van der Waals surface area contributed by atoms with Crippen molar-refractivity contribution in [2.24, 2.45) is 5.92 Å². The van der Waals surface area contributed by atoms with Gasteiger partial charge >= 0.3 is 0 Å². The normalized spacial score (nSPS) is 12.6. The fraction of sp³-hybridized carbons (Fsp3) is 0.333. The number of hydrogen-bond donors (Lipinski definition) is 1. The van der Waals surface area contributed by atoms with Crippen LogP contribution in [-0.4, -0.2) is 13.6 Å². The molecule has 0 spiro atoms. The second-order valence-corrected chi connectivity index (χ2v) is 6.29. The fourth-order valence-electron chi connectivity index (χ4n) is 2.20. The van der Waals surface area contributed by atoms with E-state index >= 15 is 0 Å². The Hall–Kier alpha value is -0.640. The summed E-state index contributed by atoms with van der Waals surface area (Å²) in [4.78, 5) is 0. The van der Waals surface area contributed by atoms with Crippen molar-refractivity contribution in [3.05, 3.63) is 56.7 Å². The summed E-state index contributed by atoms with van der Waals surface area (Å²) in [6.07, 6.45) is 2.28. The van der Waals surface area contributed by atoms with Crippen LogP contribution in [0.2, 0.25) is 0 Å². The zero-order valence-corrected chi connectivity index (χ0v) is 12.9. The summed E-state index contributed by atoms with van der Waals surface area (Å²) in [6, 6.07) is 10.9. The van der Waals surface area contributed by atoms with Gasteiger partial charge < -0.3 is 5.32 Å².